The van der Waals surface area contributed by atoms with Gasteiger partial charge in [0.05, 0.1) is 29.1 Å². The molecule has 9 nitrogen and oxygen atoms in total. The van der Waals surface area contributed by atoms with E-state index in [2.05, 4.69) is 4.98 Å². The zero-order valence-electron chi connectivity index (χ0n) is 27.4. The number of aromatic nitrogens is 4. The summed E-state index contributed by atoms with van der Waals surface area (Å²) in [5.74, 6) is -0.868. The van der Waals surface area contributed by atoms with E-state index < -0.39 is 45.0 Å². The van der Waals surface area contributed by atoms with Crippen LogP contribution >= 0.6 is 0 Å². The van der Waals surface area contributed by atoms with Crippen LogP contribution in [0.3, 0.4) is 0 Å². The lowest BCUT2D eigenvalue weighted by Crippen LogP contribution is -2.29. The van der Waals surface area contributed by atoms with Gasteiger partial charge in [0, 0.05) is 35.8 Å². The maximum absolute atomic E-state index is 15.6. The lowest BCUT2D eigenvalue weighted by molar-refractivity contribution is 0.0955. The maximum Gasteiger partial charge on any atom is 0.168 e. The van der Waals surface area contributed by atoms with Crippen LogP contribution in [0.2, 0.25) is 0 Å². The number of nitrogens with one attached hydrogen (secondary N) is 1. The monoisotopic (exact) mass is 678 g/mol. The SMILES string of the molecule is Cn1nc2nc1-c1cc(ccc1F)Oc1c(F)cc3[nH]ccc3c1CCS(=O)(=O)CC(C)(C)CCCC2(C)c1cccc(C(O)CO)c1. The molecule has 254 valence electrons. The summed E-state index contributed by atoms with van der Waals surface area (Å²) in [6, 6.07) is 14.3. The highest BCUT2D eigenvalue weighted by Gasteiger charge is 2.36. The molecule has 2 unspecified atom stereocenters. The number of halogens is 2. The average molecular weight is 679 g/mol. The van der Waals surface area contributed by atoms with Crippen molar-refractivity contribution in [2.24, 2.45) is 12.5 Å². The van der Waals surface area contributed by atoms with Crippen molar-refractivity contribution >= 4 is 20.7 Å². The highest BCUT2D eigenvalue weighted by Crippen LogP contribution is 2.41. The molecule has 3 N–H and O–H groups in total. The van der Waals surface area contributed by atoms with Crippen LogP contribution in [0.15, 0.2) is 60.8 Å². The van der Waals surface area contributed by atoms with Crippen molar-refractivity contribution < 1.29 is 32.1 Å². The number of benzene rings is 3. The van der Waals surface area contributed by atoms with E-state index in [1.54, 1.807) is 37.5 Å². The fourth-order valence-electron chi connectivity index (χ4n) is 6.79. The van der Waals surface area contributed by atoms with Crippen LogP contribution < -0.4 is 4.74 Å². The summed E-state index contributed by atoms with van der Waals surface area (Å²) < 4.78 is 65.9. The Balaban J connectivity index is 1.52. The molecular weight excluding hydrogens is 638 g/mol. The van der Waals surface area contributed by atoms with Crippen LogP contribution in [0, 0.1) is 17.0 Å². The Morgan fingerprint density at radius 2 is 1.85 bits per heavy atom. The first kappa shape index (κ1) is 33.8. The van der Waals surface area contributed by atoms with Crippen molar-refractivity contribution in [2.75, 3.05) is 18.1 Å². The minimum Gasteiger partial charge on any atom is -0.454 e. The van der Waals surface area contributed by atoms with Gasteiger partial charge in [0.1, 0.15) is 17.7 Å². The Labute approximate surface area is 278 Å². The van der Waals surface area contributed by atoms with Gasteiger partial charge in [-0.25, -0.2) is 26.9 Å². The van der Waals surface area contributed by atoms with Crippen LogP contribution in [0.5, 0.6) is 11.5 Å². The number of aliphatic hydroxyl groups is 2. The molecule has 2 atom stereocenters. The van der Waals surface area contributed by atoms with Gasteiger partial charge in [-0.05, 0) is 67.0 Å². The summed E-state index contributed by atoms with van der Waals surface area (Å²) >= 11 is 0. The summed E-state index contributed by atoms with van der Waals surface area (Å²) in [7, 11) is -1.93. The topological polar surface area (TPSA) is 130 Å². The van der Waals surface area contributed by atoms with Crippen molar-refractivity contribution in [3.05, 3.63) is 94.9 Å². The zero-order chi connectivity index (χ0) is 34.4. The van der Waals surface area contributed by atoms with Crippen LogP contribution in [0.25, 0.3) is 22.3 Å². The third-order valence-corrected chi connectivity index (χ3v) is 11.5. The number of aromatic amines is 1. The predicted molar refractivity (Wildman–Crippen MR) is 180 cm³/mol. The second-order valence-electron chi connectivity index (χ2n) is 13.7. The largest absolute Gasteiger partial charge is 0.454 e. The highest BCUT2D eigenvalue weighted by atomic mass is 32.2. The van der Waals surface area contributed by atoms with Crippen molar-refractivity contribution in [1.82, 2.24) is 19.7 Å². The van der Waals surface area contributed by atoms with Crippen molar-refractivity contribution in [2.45, 2.75) is 58.0 Å². The minimum atomic E-state index is -3.59. The smallest absolute Gasteiger partial charge is 0.168 e. The Hall–Kier alpha value is -4.13. The van der Waals surface area contributed by atoms with Crippen molar-refractivity contribution in [1.29, 1.82) is 0 Å². The zero-order valence-corrected chi connectivity index (χ0v) is 28.2. The third-order valence-electron chi connectivity index (χ3n) is 9.41. The third kappa shape index (κ3) is 6.61. The molecule has 4 bridgehead atoms. The minimum absolute atomic E-state index is 0.0225. The molecule has 0 saturated carbocycles. The van der Waals surface area contributed by atoms with Gasteiger partial charge in [-0.2, -0.15) is 5.10 Å². The molecule has 0 spiro atoms. The van der Waals surface area contributed by atoms with Crippen LogP contribution in [-0.4, -0.2) is 56.5 Å². The number of hydrogen-bond donors (Lipinski definition) is 3. The van der Waals surface area contributed by atoms with Gasteiger partial charge in [0.2, 0.25) is 0 Å². The number of fused-ring (bicyclic) bond motifs is 8. The molecule has 2 aromatic heterocycles. The molecule has 1 aliphatic rings. The van der Waals surface area contributed by atoms with Gasteiger partial charge in [-0.1, -0.05) is 44.5 Å². The van der Waals surface area contributed by atoms with Gasteiger partial charge in [0.15, 0.2) is 33.1 Å². The van der Waals surface area contributed by atoms with E-state index in [4.69, 9.17) is 14.8 Å². The quantitative estimate of drug-likeness (QED) is 0.198. The Bertz CT molecular complexity index is 2090. The molecule has 12 heteroatoms. The maximum atomic E-state index is 15.6. The van der Waals surface area contributed by atoms with E-state index in [0.717, 1.165) is 5.56 Å². The number of nitrogens with zero attached hydrogens (tertiary/aromatic N) is 3. The van der Waals surface area contributed by atoms with Crippen LogP contribution in [0.1, 0.15) is 68.7 Å². The molecule has 1 aliphatic heterocycles. The van der Waals surface area contributed by atoms with E-state index in [1.165, 1.54) is 28.9 Å². The summed E-state index contributed by atoms with van der Waals surface area (Å²) in [5.41, 5.74) is 0.897. The molecule has 6 rings (SSSR count). The summed E-state index contributed by atoms with van der Waals surface area (Å²) in [6.45, 7) is 5.37. The van der Waals surface area contributed by atoms with Gasteiger partial charge in [-0.3, -0.25) is 0 Å². The van der Waals surface area contributed by atoms with E-state index in [1.807, 2.05) is 26.8 Å². The molecule has 0 aliphatic carbocycles. The highest BCUT2D eigenvalue weighted by molar-refractivity contribution is 7.91. The number of hydrogen-bond acceptors (Lipinski definition) is 7. The van der Waals surface area contributed by atoms with Crippen LogP contribution in [-0.2, 0) is 28.7 Å². The summed E-state index contributed by atoms with van der Waals surface area (Å²) in [4.78, 5) is 7.85. The van der Waals surface area contributed by atoms with E-state index >= 15 is 8.78 Å². The second kappa shape index (κ2) is 12.7. The fourth-order valence-corrected chi connectivity index (χ4v) is 8.78. The molecule has 48 heavy (non-hydrogen) atoms. The number of ether oxygens (including phenoxy) is 1. The first-order valence-corrected chi connectivity index (χ1v) is 17.8. The van der Waals surface area contributed by atoms with E-state index in [0.29, 0.717) is 47.1 Å². The molecule has 0 saturated heterocycles. The molecule has 5 aromatic rings. The average Bonchev–Trinajstić information content (AvgIpc) is 3.66. The van der Waals surface area contributed by atoms with Crippen molar-refractivity contribution in [3.8, 4) is 22.9 Å². The Morgan fingerprint density at radius 1 is 1.06 bits per heavy atom. The standard InChI is InChI=1S/C36H40F2N4O5S/c1-35(2)13-6-14-36(3,23-8-5-7-22(17-23)31(44)20-43)34-40-33(42(4)41-34)27-18-24(9-10-28(27)37)47-32-26(12-16-48(45,46)21-35)25-11-15-39-30(25)19-29(32)38/h5,7-11,15,17-19,31,39,43-44H,6,12-14,16,20-21H2,1-4H3. The summed E-state index contributed by atoms with van der Waals surface area (Å²) in [5, 5.41) is 25.4. The lowest BCUT2D eigenvalue weighted by Gasteiger charge is -2.31. The van der Waals surface area contributed by atoms with E-state index in [-0.39, 0.29) is 40.8 Å². The molecule has 0 amide bonds. The molecule has 3 aromatic carbocycles. The van der Waals surface area contributed by atoms with Gasteiger partial charge in [-0.15, -0.1) is 0 Å². The van der Waals surface area contributed by atoms with Crippen molar-refractivity contribution in [3.63, 3.8) is 0 Å². The lowest BCUT2D eigenvalue weighted by atomic mass is 9.75. The Kier molecular flexibility index (Phi) is 8.95. The number of aliphatic hydroxyl groups excluding tert-OH is 2. The normalized spacial score (nSPS) is 20.3. The first-order chi connectivity index (χ1) is 22.7. The molecule has 3 heterocycles. The van der Waals surface area contributed by atoms with E-state index in [9.17, 15) is 18.6 Å². The first-order valence-electron chi connectivity index (χ1n) is 16.0. The molecule has 0 radical (unpaired) electrons. The van der Waals surface area contributed by atoms with Gasteiger partial charge in [0.25, 0.3) is 0 Å². The van der Waals surface area contributed by atoms with Gasteiger partial charge < -0.3 is 19.9 Å². The molecule has 0 fully saturated rings. The van der Waals surface area contributed by atoms with Crippen LogP contribution in [0.4, 0.5) is 8.78 Å². The summed E-state index contributed by atoms with van der Waals surface area (Å²) in [6.07, 6.45) is 2.29. The molecular formula is C36H40F2N4O5S. The number of sulfone groups is 1. The van der Waals surface area contributed by atoms with Gasteiger partial charge >= 0.3 is 0 Å². The number of aryl methyl sites for hydroxylation is 2. The predicted octanol–water partition coefficient (Wildman–Crippen LogP) is 6.53. The second-order valence-corrected chi connectivity index (χ2v) is 15.9. The fraction of sp³-hybridized carbons (Fsp3) is 0.389. The Morgan fingerprint density at radius 3 is 2.62 bits per heavy atom. The number of rotatable bonds is 3. The number of H-pyrrole nitrogens is 1.